The van der Waals surface area contributed by atoms with Crippen molar-refractivity contribution in [1.82, 2.24) is 20.1 Å². The van der Waals surface area contributed by atoms with Crippen molar-refractivity contribution >= 4 is 29.3 Å². The number of rotatable bonds is 7. The Kier molecular flexibility index (Phi) is 6.90. The van der Waals surface area contributed by atoms with Crippen LogP contribution >= 0.6 is 11.8 Å². The van der Waals surface area contributed by atoms with Crippen molar-refractivity contribution in [2.45, 2.75) is 43.8 Å². The third kappa shape index (κ3) is 5.37. The fourth-order valence-electron chi connectivity index (χ4n) is 3.85. The molecule has 2 amide bonds. The van der Waals surface area contributed by atoms with E-state index in [4.69, 9.17) is 0 Å². The van der Waals surface area contributed by atoms with Crippen LogP contribution in [0.2, 0.25) is 0 Å². The third-order valence-corrected chi connectivity index (χ3v) is 6.67. The molecule has 3 aromatic rings. The summed E-state index contributed by atoms with van der Waals surface area (Å²) < 4.78 is 1.76. The van der Waals surface area contributed by atoms with Crippen molar-refractivity contribution in [3.05, 3.63) is 71.0 Å². The number of amides is 2. The number of fused-ring (bicyclic) bond motifs is 1. The van der Waals surface area contributed by atoms with Crippen LogP contribution in [-0.4, -0.2) is 32.3 Å². The van der Waals surface area contributed by atoms with Gasteiger partial charge < -0.3 is 15.2 Å². The van der Waals surface area contributed by atoms with E-state index in [1.807, 2.05) is 14.0 Å². The van der Waals surface area contributed by atoms with Crippen LogP contribution in [0.25, 0.3) is 0 Å². The van der Waals surface area contributed by atoms with E-state index < -0.39 is 0 Å². The van der Waals surface area contributed by atoms with Gasteiger partial charge in [-0.15, -0.1) is 10.2 Å². The largest absolute Gasteiger partial charge is 0.346 e. The Morgan fingerprint density at radius 3 is 2.72 bits per heavy atom. The highest BCUT2D eigenvalue weighted by molar-refractivity contribution is 7.99. The fourth-order valence-corrected chi connectivity index (χ4v) is 4.54. The summed E-state index contributed by atoms with van der Waals surface area (Å²) in [5, 5.41) is 14.3. The van der Waals surface area contributed by atoms with Crippen molar-refractivity contribution in [2.24, 2.45) is 7.05 Å². The molecular formula is C24H27N5O2S. The highest BCUT2D eigenvalue weighted by atomic mass is 32.2. The molecule has 0 fully saturated rings. The summed E-state index contributed by atoms with van der Waals surface area (Å²) in [6, 6.07) is 13.4. The Morgan fingerprint density at radius 2 is 1.94 bits per heavy atom. The number of nitrogens with one attached hydrogen (secondary N) is 2. The second kappa shape index (κ2) is 9.99. The minimum atomic E-state index is -0.169. The molecule has 2 N–H and O–H groups in total. The highest BCUT2D eigenvalue weighted by Gasteiger charge is 2.16. The SMILES string of the molecule is CC(NC(=O)c1cccc(NC(=O)CSc2nncn2C)c1)c1ccc2c(c1)CCCC2. The summed E-state index contributed by atoms with van der Waals surface area (Å²) in [5.74, 6) is -0.129. The third-order valence-electron chi connectivity index (χ3n) is 5.63. The molecule has 1 aliphatic rings. The number of aromatic nitrogens is 3. The molecular weight excluding hydrogens is 422 g/mol. The van der Waals surface area contributed by atoms with E-state index >= 15 is 0 Å². The van der Waals surface area contributed by atoms with Crippen LogP contribution in [0, 0.1) is 0 Å². The number of carbonyl (C=O) groups is 2. The zero-order chi connectivity index (χ0) is 22.5. The Labute approximate surface area is 192 Å². The first-order chi connectivity index (χ1) is 15.5. The van der Waals surface area contributed by atoms with E-state index in [0.717, 1.165) is 18.4 Å². The molecule has 8 heteroatoms. The summed E-state index contributed by atoms with van der Waals surface area (Å²) in [5.41, 5.74) is 5.04. The molecule has 2 aromatic carbocycles. The van der Waals surface area contributed by atoms with E-state index in [0.29, 0.717) is 16.4 Å². The standard InChI is InChI=1S/C24H27N5O2S/c1-16(18-11-10-17-6-3-4-7-19(17)12-18)26-23(31)20-8-5-9-21(13-20)27-22(30)14-32-24-28-25-15-29(24)2/h5,8-13,15-16H,3-4,6-7,14H2,1-2H3,(H,26,31)(H,27,30). The predicted octanol–water partition coefficient (Wildman–Crippen LogP) is 3.92. The van der Waals surface area contributed by atoms with Gasteiger partial charge >= 0.3 is 0 Å². The monoisotopic (exact) mass is 449 g/mol. The number of carbonyl (C=O) groups excluding carboxylic acids is 2. The molecule has 32 heavy (non-hydrogen) atoms. The lowest BCUT2D eigenvalue weighted by atomic mass is 9.89. The first kappa shape index (κ1) is 22.1. The smallest absolute Gasteiger partial charge is 0.251 e. The molecule has 1 unspecified atom stereocenters. The van der Waals surface area contributed by atoms with Crippen LogP contribution in [-0.2, 0) is 24.7 Å². The van der Waals surface area contributed by atoms with Gasteiger partial charge in [-0.05, 0) is 67.5 Å². The summed E-state index contributed by atoms with van der Waals surface area (Å²) in [6.07, 6.45) is 6.33. The molecule has 1 aromatic heterocycles. The van der Waals surface area contributed by atoms with Gasteiger partial charge in [0, 0.05) is 18.3 Å². The number of hydrogen-bond donors (Lipinski definition) is 2. The molecule has 1 heterocycles. The van der Waals surface area contributed by atoms with Gasteiger partial charge in [-0.25, -0.2) is 0 Å². The topological polar surface area (TPSA) is 88.9 Å². The van der Waals surface area contributed by atoms with Gasteiger partial charge in [-0.2, -0.15) is 0 Å². The van der Waals surface area contributed by atoms with Crippen LogP contribution in [0.1, 0.15) is 52.9 Å². The number of thioether (sulfide) groups is 1. The maximum atomic E-state index is 12.8. The Hall–Kier alpha value is -3.13. The minimum absolute atomic E-state index is 0.101. The number of hydrogen-bond acceptors (Lipinski definition) is 5. The van der Waals surface area contributed by atoms with Crippen molar-refractivity contribution in [3.8, 4) is 0 Å². The van der Waals surface area contributed by atoms with E-state index in [9.17, 15) is 9.59 Å². The lowest BCUT2D eigenvalue weighted by molar-refractivity contribution is -0.113. The number of anilines is 1. The van der Waals surface area contributed by atoms with Crippen molar-refractivity contribution in [1.29, 1.82) is 0 Å². The van der Waals surface area contributed by atoms with Gasteiger partial charge in [0.15, 0.2) is 5.16 Å². The molecule has 0 aliphatic heterocycles. The fraction of sp³-hybridized carbons (Fsp3) is 0.333. The average molecular weight is 450 g/mol. The summed E-state index contributed by atoms with van der Waals surface area (Å²) in [6.45, 7) is 2.00. The van der Waals surface area contributed by atoms with Crippen LogP contribution < -0.4 is 10.6 Å². The molecule has 166 valence electrons. The summed E-state index contributed by atoms with van der Waals surface area (Å²) in [4.78, 5) is 25.1. The quantitative estimate of drug-likeness (QED) is 0.534. The maximum absolute atomic E-state index is 12.8. The van der Waals surface area contributed by atoms with Crippen molar-refractivity contribution in [3.63, 3.8) is 0 Å². The van der Waals surface area contributed by atoms with E-state index in [-0.39, 0.29) is 23.6 Å². The highest BCUT2D eigenvalue weighted by Crippen LogP contribution is 2.25. The second-order valence-corrected chi connectivity index (χ2v) is 9.01. The molecule has 0 bridgehead atoms. The molecule has 1 aliphatic carbocycles. The molecule has 7 nitrogen and oxygen atoms in total. The summed E-state index contributed by atoms with van der Waals surface area (Å²) >= 11 is 1.31. The first-order valence-electron chi connectivity index (χ1n) is 10.8. The molecule has 4 rings (SSSR count). The second-order valence-electron chi connectivity index (χ2n) is 8.07. The van der Waals surface area contributed by atoms with Gasteiger partial charge in [0.25, 0.3) is 5.91 Å². The van der Waals surface area contributed by atoms with Crippen LogP contribution in [0.15, 0.2) is 53.9 Å². The van der Waals surface area contributed by atoms with Crippen LogP contribution in [0.3, 0.4) is 0 Å². The molecule has 0 saturated heterocycles. The Bertz CT molecular complexity index is 1130. The van der Waals surface area contributed by atoms with Crippen LogP contribution in [0.4, 0.5) is 5.69 Å². The Morgan fingerprint density at radius 1 is 1.12 bits per heavy atom. The predicted molar refractivity (Wildman–Crippen MR) is 126 cm³/mol. The van der Waals surface area contributed by atoms with Crippen LogP contribution in [0.5, 0.6) is 0 Å². The summed E-state index contributed by atoms with van der Waals surface area (Å²) in [7, 11) is 1.83. The number of benzene rings is 2. The van der Waals surface area contributed by atoms with E-state index in [1.54, 1.807) is 35.2 Å². The van der Waals surface area contributed by atoms with Gasteiger partial charge in [-0.3, -0.25) is 9.59 Å². The van der Waals surface area contributed by atoms with E-state index in [2.05, 4.69) is 39.0 Å². The minimum Gasteiger partial charge on any atom is -0.346 e. The van der Waals surface area contributed by atoms with Gasteiger partial charge in [0.1, 0.15) is 6.33 Å². The Balaban J connectivity index is 1.35. The molecule has 0 radical (unpaired) electrons. The van der Waals surface area contributed by atoms with Crippen molar-refractivity contribution < 1.29 is 9.59 Å². The average Bonchev–Trinajstić information content (AvgIpc) is 3.22. The molecule has 1 atom stereocenters. The zero-order valence-corrected chi connectivity index (χ0v) is 19.1. The van der Waals surface area contributed by atoms with Gasteiger partial charge in [0.05, 0.1) is 11.8 Å². The number of nitrogens with zero attached hydrogens (tertiary/aromatic N) is 3. The number of aryl methyl sites for hydroxylation is 3. The first-order valence-corrected chi connectivity index (χ1v) is 11.8. The normalized spacial score (nSPS) is 13.8. The molecule has 0 saturated carbocycles. The maximum Gasteiger partial charge on any atom is 0.251 e. The lowest BCUT2D eigenvalue weighted by Gasteiger charge is -2.20. The van der Waals surface area contributed by atoms with Crippen molar-refractivity contribution in [2.75, 3.05) is 11.1 Å². The van der Waals surface area contributed by atoms with Gasteiger partial charge in [-0.1, -0.05) is 36.0 Å². The van der Waals surface area contributed by atoms with E-state index in [1.165, 1.54) is 35.7 Å². The van der Waals surface area contributed by atoms with Gasteiger partial charge in [0.2, 0.25) is 5.91 Å². The lowest BCUT2D eigenvalue weighted by Crippen LogP contribution is -2.27. The molecule has 0 spiro atoms. The zero-order valence-electron chi connectivity index (χ0n) is 18.3.